The predicted molar refractivity (Wildman–Crippen MR) is 77.5 cm³/mol. The first-order chi connectivity index (χ1) is 10.2. The molecule has 0 aromatic carbocycles. The van der Waals surface area contributed by atoms with Crippen LogP contribution in [-0.4, -0.2) is 59.3 Å². The van der Waals surface area contributed by atoms with Crippen LogP contribution in [0.4, 0.5) is 0 Å². The van der Waals surface area contributed by atoms with Crippen LogP contribution in [0.1, 0.15) is 23.0 Å². The van der Waals surface area contributed by atoms with Gasteiger partial charge < -0.3 is 20.5 Å². The molecule has 2 unspecified atom stereocenters. The van der Waals surface area contributed by atoms with Crippen molar-refractivity contribution in [3.05, 3.63) is 29.6 Å². The number of aliphatic hydroxyl groups is 1. The molecule has 1 saturated heterocycles. The lowest BCUT2D eigenvalue weighted by atomic mass is 10.1. The normalized spacial score (nSPS) is 21.6. The van der Waals surface area contributed by atoms with Gasteiger partial charge in [0.15, 0.2) is 0 Å². The van der Waals surface area contributed by atoms with Crippen LogP contribution in [0.25, 0.3) is 0 Å². The van der Waals surface area contributed by atoms with Crippen LogP contribution < -0.4 is 5.73 Å². The number of nitrogens with zero attached hydrogens (tertiary/aromatic N) is 2. The van der Waals surface area contributed by atoms with Gasteiger partial charge in [-0.3, -0.25) is 4.79 Å². The van der Waals surface area contributed by atoms with E-state index in [0.29, 0.717) is 24.4 Å². The maximum absolute atomic E-state index is 12.7. The zero-order valence-corrected chi connectivity index (χ0v) is 12.0. The third-order valence-corrected chi connectivity index (χ3v) is 3.31. The van der Waals surface area contributed by atoms with Gasteiger partial charge in [-0.05, 0) is 19.1 Å². The number of carbonyl (C=O) groups excluding carboxylic acids is 1. The van der Waals surface area contributed by atoms with Gasteiger partial charge >= 0.3 is 0 Å². The van der Waals surface area contributed by atoms with Crippen LogP contribution >= 0.6 is 0 Å². The summed E-state index contributed by atoms with van der Waals surface area (Å²) in [6, 6.07) is 3.41. The van der Waals surface area contributed by atoms with Gasteiger partial charge in [0.05, 0.1) is 37.5 Å². The molecule has 0 spiro atoms. The highest BCUT2D eigenvalue weighted by Gasteiger charge is 2.31. The van der Waals surface area contributed by atoms with Crippen molar-refractivity contribution in [1.82, 2.24) is 9.88 Å². The van der Waals surface area contributed by atoms with E-state index in [4.69, 9.17) is 10.5 Å². The van der Waals surface area contributed by atoms with Crippen LogP contribution in [0.2, 0.25) is 0 Å². The molecule has 2 rings (SSSR count). The van der Waals surface area contributed by atoms with Crippen LogP contribution in [0.3, 0.4) is 0 Å². The number of carbonyl (C=O) groups is 1. The smallest absolute Gasteiger partial charge is 0.274 e. The van der Waals surface area contributed by atoms with E-state index >= 15 is 0 Å². The van der Waals surface area contributed by atoms with E-state index in [9.17, 15) is 9.90 Å². The minimum Gasteiger partial charge on any atom is -0.394 e. The van der Waals surface area contributed by atoms with Crippen molar-refractivity contribution in [3.63, 3.8) is 0 Å². The van der Waals surface area contributed by atoms with E-state index in [1.54, 1.807) is 23.2 Å². The number of aliphatic hydroxyl groups excluding tert-OH is 1. The van der Waals surface area contributed by atoms with Crippen molar-refractivity contribution in [1.29, 1.82) is 0 Å². The first-order valence-electron chi connectivity index (χ1n) is 6.84. The molecule has 1 aromatic rings. The lowest BCUT2D eigenvalue weighted by Crippen LogP contribution is -2.52. The first kappa shape index (κ1) is 15.4. The first-order valence-corrected chi connectivity index (χ1v) is 6.84. The summed E-state index contributed by atoms with van der Waals surface area (Å²) >= 11 is 0. The third-order valence-electron chi connectivity index (χ3n) is 3.31. The Labute approximate surface area is 123 Å². The number of morpholine rings is 1. The van der Waals surface area contributed by atoms with Crippen molar-refractivity contribution in [2.24, 2.45) is 5.73 Å². The van der Waals surface area contributed by atoms with Gasteiger partial charge in [-0.15, -0.1) is 0 Å². The summed E-state index contributed by atoms with van der Waals surface area (Å²) < 4.78 is 5.44. The SMILES string of the molecule is CC1COC(CO)CN1C(=O)c1ncccc1C#CCN. The molecule has 1 aliphatic heterocycles. The minimum atomic E-state index is -0.354. The Bertz CT molecular complexity index is 565. The highest BCUT2D eigenvalue weighted by molar-refractivity contribution is 5.95. The van der Waals surface area contributed by atoms with Crippen LogP contribution in [0, 0.1) is 11.8 Å². The number of ether oxygens (including phenoxy) is 1. The van der Waals surface area contributed by atoms with Gasteiger partial charge in [-0.25, -0.2) is 4.98 Å². The predicted octanol–water partition coefficient (Wildman–Crippen LogP) is -0.386. The van der Waals surface area contributed by atoms with E-state index < -0.39 is 0 Å². The molecule has 6 nitrogen and oxygen atoms in total. The van der Waals surface area contributed by atoms with Gasteiger partial charge in [0.25, 0.3) is 5.91 Å². The second-order valence-corrected chi connectivity index (χ2v) is 4.85. The number of amides is 1. The number of hydrogen-bond donors (Lipinski definition) is 2. The molecule has 0 saturated carbocycles. The minimum absolute atomic E-state index is 0.0716. The second-order valence-electron chi connectivity index (χ2n) is 4.85. The number of nitrogens with two attached hydrogens (primary N) is 1. The molecule has 0 aliphatic carbocycles. The lowest BCUT2D eigenvalue weighted by Gasteiger charge is -2.37. The summed E-state index contributed by atoms with van der Waals surface area (Å²) in [4.78, 5) is 18.5. The third kappa shape index (κ3) is 3.58. The fourth-order valence-corrected chi connectivity index (χ4v) is 2.17. The summed E-state index contributed by atoms with van der Waals surface area (Å²) in [7, 11) is 0. The Kier molecular flexibility index (Phi) is 5.28. The molecule has 6 heteroatoms. The van der Waals surface area contributed by atoms with Crippen molar-refractivity contribution in [2.45, 2.75) is 19.1 Å². The molecule has 0 radical (unpaired) electrons. The number of hydrogen-bond acceptors (Lipinski definition) is 5. The fourth-order valence-electron chi connectivity index (χ4n) is 2.17. The fraction of sp³-hybridized carbons (Fsp3) is 0.467. The summed E-state index contributed by atoms with van der Waals surface area (Å²) in [5.41, 5.74) is 6.24. The largest absolute Gasteiger partial charge is 0.394 e. The highest BCUT2D eigenvalue weighted by atomic mass is 16.5. The van der Waals surface area contributed by atoms with E-state index in [1.165, 1.54) is 0 Å². The molecule has 21 heavy (non-hydrogen) atoms. The standard InChI is InChI=1S/C15H19N3O3/c1-11-10-21-13(9-19)8-18(11)15(20)14-12(4-2-6-16)5-3-7-17-14/h3,5,7,11,13,19H,6,8-10,16H2,1H3. The number of aromatic nitrogens is 1. The summed E-state index contributed by atoms with van der Waals surface area (Å²) in [5, 5.41) is 9.20. The van der Waals surface area contributed by atoms with Gasteiger partial charge in [0.2, 0.25) is 0 Å². The molecule has 1 aromatic heterocycles. The molecule has 2 heterocycles. The van der Waals surface area contributed by atoms with Gasteiger partial charge in [0.1, 0.15) is 5.69 Å². The van der Waals surface area contributed by atoms with Gasteiger partial charge in [-0.2, -0.15) is 0 Å². The molecule has 1 fully saturated rings. The maximum atomic E-state index is 12.7. The van der Waals surface area contributed by atoms with Gasteiger partial charge in [0, 0.05) is 12.7 Å². The molecular formula is C15H19N3O3. The Balaban J connectivity index is 2.26. The molecule has 3 N–H and O–H groups in total. The van der Waals surface area contributed by atoms with E-state index in [-0.39, 0.29) is 31.2 Å². The summed E-state index contributed by atoms with van der Waals surface area (Å²) in [6.07, 6.45) is 1.21. The molecule has 0 bridgehead atoms. The van der Waals surface area contributed by atoms with E-state index in [0.717, 1.165) is 0 Å². The monoisotopic (exact) mass is 289 g/mol. The number of rotatable bonds is 2. The Morgan fingerprint density at radius 3 is 3.19 bits per heavy atom. The Hall–Kier alpha value is -1.94. The molecule has 112 valence electrons. The average Bonchev–Trinajstić information content (AvgIpc) is 2.53. The van der Waals surface area contributed by atoms with Crippen LogP contribution in [0.15, 0.2) is 18.3 Å². The molecular weight excluding hydrogens is 270 g/mol. The second kappa shape index (κ2) is 7.18. The summed E-state index contributed by atoms with van der Waals surface area (Å²) in [6.45, 7) is 2.76. The lowest BCUT2D eigenvalue weighted by molar-refractivity contribution is -0.0668. The topological polar surface area (TPSA) is 88.7 Å². The highest BCUT2D eigenvalue weighted by Crippen LogP contribution is 2.16. The summed E-state index contributed by atoms with van der Waals surface area (Å²) in [5.74, 6) is 5.40. The van der Waals surface area contributed by atoms with E-state index in [2.05, 4.69) is 16.8 Å². The van der Waals surface area contributed by atoms with Crippen molar-refractivity contribution in [3.8, 4) is 11.8 Å². The Morgan fingerprint density at radius 1 is 1.67 bits per heavy atom. The zero-order chi connectivity index (χ0) is 15.2. The average molecular weight is 289 g/mol. The maximum Gasteiger partial charge on any atom is 0.274 e. The van der Waals surface area contributed by atoms with Crippen molar-refractivity contribution >= 4 is 5.91 Å². The Morgan fingerprint density at radius 2 is 2.48 bits per heavy atom. The molecule has 1 aliphatic rings. The zero-order valence-electron chi connectivity index (χ0n) is 12.0. The van der Waals surface area contributed by atoms with Crippen LogP contribution in [-0.2, 0) is 4.74 Å². The van der Waals surface area contributed by atoms with Crippen LogP contribution in [0.5, 0.6) is 0 Å². The quantitative estimate of drug-likeness (QED) is 0.724. The van der Waals surface area contributed by atoms with Crippen molar-refractivity contribution in [2.75, 3.05) is 26.3 Å². The van der Waals surface area contributed by atoms with Crippen molar-refractivity contribution < 1.29 is 14.6 Å². The number of pyridine rings is 1. The van der Waals surface area contributed by atoms with E-state index in [1.807, 2.05) is 6.92 Å². The molecule has 1 amide bonds. The molecule has 2 atom stereocenters. The van der Waals surface area contributed by atoms with Gasteiger partial charge in [-0.1, -0.05) is 11.8 Å².